The fourth-order valence-corrected chi connectivity index (χ4v) is 6.63. The van der Waals surface area contributed by atoms with Gasteiger partial charge in [-0.15, -0.1) is 11.3 Å². The number of nitrogens with one attached hydrogen (secondary N) is 2. The van der Waals surface area contributed by atoms with Gasteiger partial charge in [-0.25, -0.2) is 9.97 Å². The van der Waals surface area contributed by atoms with Crippen LogP contribution in [0, 0.1) is 32.6 Å². The van der Waals surface area contributed by atoms with Crippen LogP contribution in [0.2, 0.25) is 0 Å². The first-order valence-electron chi connectivity index (χ1n) is 13.5. The molecular weight excluding hydrogens is 512 g/mol. The van der Waals surface area contributed by atoms with Crippen LogP contribution < -0.4 is 10.6 Å². The smallest absolute Gasteiger partial charge is 0.225 e. The van der Waals surface area contributed by atoms with Crippen LogP contribution >= 0.6 is 11.3 Å². The van der Waals surface area contributed by atoms with Crippen LogP contribution in [0.3, 0.4) is 0 Å². The van der Waals surface area contributed by atoms with E-state index < -0.39 is 17.7 Å². The molecule has 2 aliphatic rings. The van der Waals surface area contributed by atoms with Crippen molar-refractivity contribution < 1.29 is 15.3 Å². The van der Waals surface area contributed by atoms with Gasteiger partial charge in [0.1, 0.15) is 22.4 Å². The third-order valence-corrected chi connectivity index (χ3v) is 9.05. The molecule has 0 radical (unpaired) electrons. The van der Waals surface area contributed by atoms with Gasteiger partial charge in [-0.2, -0.15) is 4.98 Å². The highest BCUT2D eigenvalue weighted by molar-refractivity contribution is 7.21. The molecule has 0 amide bonds. The van der Waals surface area contributed by atoms with E-state index >= 15 is 0 Å². The molecule has 0 aliphatic heterocycles. The number of pyridine rings is 1. The Hall–Kier alpha value is -3.18. The zero-order valence-electron chi connectivity index (χ0n) is 22.3. The van der Waals surface area contributed by atoms with E-state index in [4.69, 9.17) is 15.0 Å². The Morgan fingerprint density at radius 1 is 1.03 bits per heavy atom. The number of aliphatic hydroxyl groups is 3. The van der Waals surface area contributed by atoms with Crippen molar-refractivity contribution in [2.24, 2.45) is 11.8 Å². The standard InChI is InChI=1S/C29H34N6O3S/c1-15-4-6-18(7-5-15)24(19-8-9-19)33-28-31-16(2)22(27-32-23-17(3)30-13-11-21(23)39-27)26(34-28)35-29(38)12-10-20(14-36)25(29)37/h4-7,11,13,19-20,24-25,36-38H,8-10,12,14H2,1-3H3,(H2,31,33,34,35)/t20-,24+,25-,29-/m1/s1. The molecule has 6 rings (SSSR count). The van der Waals surface area contributed by atoms with E-state index in [0.29, 0.717) is 40.4 Å². The molecule has 204 valence electrons. The molecule has 0 saturated heterocycles. The summed E-state index contributed by atoms with van der Waals surface area (Å²) >= 11 is 1.51. The minimum Gasteiger partial charge on any atom is -0.396 e. The maximum absolute atomic E-state index is 11.5. The normalized spacial score (nSPS) is 23.7. The van der Waals surface area contributed by atoms with E-state index in [0.717, 1.165) is 28.8 Å². The van der Waals surface area contributed by atoms with Gasteiger partial charge in [0.05, 0.1) is 27.7 Å². The highest BCUT2D eigenvalue weighted by atomic mass is 32.1. The summed E-state index contributed by atoms with van der Waals surface area (Å²) in [6, 6.07) is 10.5. The third-order valence-electron chi connectivity index (χ3n) is 8.01. The number of hydrogen-bond acceptors (Lipinski definition) is 10. The van der Waals surface area contributed by atoms with E-state index in [-0.39, 0.29) is 19.1 Å². The number of aryl methyl sites for hydroxylation is 3. The summed E-state index contributed by atoms with van der Waals surface area (Å²) in [6.45, 7) is 5.72. The van der Waals surface area contributed by atoms with E-state index in [9.17, 15) is 15.3 Å². The number of rotatable bonds is 8. The lowest BCUT2D eigenvalue weighted by atomic mass is 10.0. The van der Waals surface area contributed by atoms with Gasteiger partial charge in [0, 0.05) is 18.7 Å². The lowest BCUT2D eigenvalue weighted by molar-refractivity contribution is -0.0545. The largest absolute Gasteiger partial charge is 0.396 e. The second-order valence-electron chi connectivity index (χ2n) is 11.0. The molecule has 10 heteroatoms. The summed E-state index contributed by atoms with van der Waals surface area (Å²) in [7, 11) is 0. The van der Waals surface area contributed by atoms with Gasteiger partial charge in [0.15, 0.2) is 5.72 Å². The van der Waals surface area contributed by atoms with Crippen molar-refractivity contribution in [2.75, 3.05) is 17.2 Å². The summed E-state index contributed by atoms with van der Waals surface area (Å²) in [4.78, 5) is 19.0. The van der Waals surface area contributed by atoms with Crippen molar-refractivity contribution in [1.82, 2.24) is 19.9 Å². The molecular formula is C29H34N6O3S. The maximum Gasteiger partial charge on any atom is 0.225 e. The molecule has 39 heavy (non-hydrogen) atoms. The molecule has 3 heterocycles. The minimum atomic E-state index is -1.64. The molecule has 0 unspecified atom stereocenters. The Morgan fingerprint density at radius 3 is 2.46 bits per heavy atom. The summed E-state index contributed by atoms with van der Waals surface area (Å²) in [5.41, 5.74) is 3.79. The topological polar surface area (TPSA) is 136 Å². The molecule has 4 aromatic rings. The lowest BCUT2D eigenvalue weighted by Gasteiger charge is -2.31. The Morgan fingerprint density at radius 2 is 1.79 bits per heavy atom. The molecule has 1 aromatic carbocycles. The van der Waals surface area contributed by atoms with Crippen molar-refractivity contribution in [3.8, 4) is 10.6 Å². The van der Waals surface area contributed by atoms with Gasteiger partial charge in [-0.05, 0) is 64.0 Å². The Bertz CT molecular complexity index is 1510. The highest BCUT2D eigenvalue weighted by Crippen LogP contribution is 2.44. The second-order valence-corrected chi connectivity index (χ2v) is 12.0. The number of thiazole rings is 1. The minimum absolute atomic E-state index is 0.0683. The highest BCUT2D eigenvalue weighted by Gasteiger charge is 2.47. The van der Waals surface area contributed by atoms with Crippen LogP contribution in [0.1, 0.15) is 54.2 Å². The number of aliphatic hydroxyl groups excluding tert-OH is 2. The second kappa shape index (κ2) is 10.1. The van der Waals surface area contributed by atoms with Crippen LogP contribution in [0.5, 0.6) is 0 Å². The van der Waals surface area contributed by atoms with Crippen molar-refractivity contribution in [1.29, 1.82) is 0 Å². The monoisotopic (exact) mass is 546 g/mol. The predicted molar refractivity (Wildman–Crippen MR) is 153 cm³/mol. The fraction of sp³-hybridized carbons (Fsp3) is 0.448. The number of anilines is 2. The van der Waals surface area contributed by atoms with Gasteiger partial charge in [-0.3, -0.25) is 4.98 Å². The van der Waals surface area contributed by atoms with Gasteiger partial charge < -0.3 is 26.0 Å². The van der Waals surface area contributed by atoms with Crippen molar-refractivity contribution in [3.63, 3.8) is 0 Å². The molecule has 4 atom stereocenters. The van der Waals surface area contributed by atoms with E-state index in [1.165, 1.54) is 22.5 Å². The van der Waals surface area contributed by atoms with Gasteiger partial charge in [0.2, 0.25) is 5.95 Å². The summed E-state index contributed by atoms with van der Waals surface area (Å²) in [5, 5.41) is 39.5. The average Bonchev–Trinajstić information content (AvgIpc) is 3.59. The summed E-state index contributed by atoms with van der Waals surface area (Å²) in [6.07, 6.45) is 3.68. The van der Waals surface area contributed by atoms with Gasteiger partial charge in [0.25, 0.3) is 0 Å². The van der Waals surface area contributed by atoms with Crippen LogP contribution in [0.15, 0.2) is 36.5 Å². The number of benzene rings is 1. The van der Waals surface area contributed by atoms with Gasteiger partial charge >= 0.3 is 0 Å². The summed E-state index contributed by atoms with van der Waals surface area (Å²) in [5.74, 6) is 0.931. The number of nitrogens with zero attached hydrogens (tertiary/aromatic N) is 4. The van der Waals surface area contributed by atoms with Crippen molar-refractivity contribution in [3.05, 3.63) is 59.0 Å². The Labute approximate surface area is 231 Å². The van der Waals surface area contributed by atoms with E-state index in [1.54, 1.807) is 6.20 Å². The van der Waals surface area contributed by atoms with Crippen LogP contribution in [0.4, 0.5) is 11.8 Å². The SMILES string of the molecule is Cc1ccc([C@H](Nc2nc(C)c(-c3nc4c(C)nccc4s3)c(N[C@@]3(O)CC[C@H](CO)[C@H]3O)n2)C2CC2)cc1. The molecule has 2 aliphatic carbocycles. The molecule has 2 saturated carbocycles. The fourth-order valence-electron chi connectivity index (χ4n) is 5.52. The number of aromatic nitrogens is 4. The predicted octanol–water partition coefficient (Wildman–Crippen LogP) is 4.50. The first-order valence-corrected chi connectivity index (χ1v) is 14.3. The lowest BCUT2D eigenvalue weighted by Crippen LogP contribution is -2.48. The Balaban J connectivity index is 1.43. The quantitative estimate of drug-likeness (QED) is 0.202. The maximum atomic E-state index is 11.5. The summed E-state index contributed by atoms with van der Waals surface area (Å²) < 4.78 is 0.998. The molecule has 0 bridgehead atoms. The van der Waals surface area contributed by atoms with E-state index in [2.05, 4.69) is 46.8 Å². The van der Waals surface area contributed by atoms with Crippen molar-refractivity contribution >= 4 is 33.3 Å². The molecule has 2 fully saturated rings. The zero-order chi connectivity index (χ0) is 27.3. The van der Waals surface area contributed by atoms with Crippen LogP contribution in [0.25, 0.3) is 20.8 Å². The number of hydrogen-bond donors (Lipinski definition) is 5. The third kappa shape index (κ3) is 4.98. The molecule has 0 spiro atoms. The number of fused-ring (bicyclic) bond motifs is 1. The first-order chi connectivity index (χ1) is 18.8. The molecule has 9 nitrogen and oxygen atoms in total. The van der Waals surface area contributed by atoms with E-state index in [1.807, 2.05) is 19.9 Å². The zero-order valence-corrected chi connectivity index (χ0v) is 23.2. The molecule has 3 aromatic heterocycles. The van der Waals surface area contributed by atoms with Crippen LogP contribution in [-0.4, -0.2) is 53.7 Å². The van der Waals surface area contributed by atoms with Crippen molar-refractivity contribution in [2.45, 2.75) is 64.3 Å². The average molecular weight is 547 g/mol. The van der Waals surface area contributed by atoms with Crippen LogP contribution in [-0.2, 0) is 0 Å². The molecule has 5 N–H and O–H groups in total. The Kier molecular flexibility index (Phi) is 6.74. The van der Waals surface area contributed by atoms with Gasteiger partial charge in [-0.1, -0.05) is 29.8 Å². The first kappa shape index (κ1) is 26.1.